The number of para-hydroxylation sites is 1. The van der Waals surface area contributed by atoms with Gasteiger partial charge in [-0.15, -0.1) is 0 Å². The molecule has 2 aromatic carbocycles. The van der Waals surface area contributed by atoms with Crippen LogP contribution in [0.1, 0.15) is 24.0 Å². The Morgan fingerprint density at radius 2 is 1.97 bits per heavy atom. The molecule has 0 spiro atoms. The molecule has 3 aromatic rings. The van der Waals surface area contributed by atoms with Crippen molar-refractivity contribution in [1.29, 1.82) is 0 Å². The van der Waals surface area contributed by atoms with Crippen LogP contribution in [-0.4, -0.2) is 36.1 Å². The van der Waals surface area contributed by atoms with E-state index in [1.54, 1.807) is 26.5 Å². The molecule has 5 nitrogen and oxygen atoms in total. The molecule has 1 fully saturated rings. The third kappa shape index (κ3) is 4.24. The summed E-state index contributed by atoms with van der Waals surface area (Å²) in [4.78, 5) is 19.4. The maximum absolute atomic E-state index is 13.0. The lowest BCUT2D eigenvalue weighted by molar-refractivity contribution is -0.127. The van der Waals surface area contributed by atoms with Gasteiger partial charge in [-0.2, -0.15) is 0 Å². The number of carbonyl (C=O) groups excluding carboxylic acids is 1. The second-order valence-electron chi connectivity index (χ2n) is 7.13. The number of pyridine rings is 1. The van der Waals surface area contributed by atoms with Gasteiger partial charge in [0.25, 0.3) is 0 Å². The maximum Gasteiger partial charge on any atom is 0.247 e. The lowest BCUT2D eigenvalue weighted by Gasteiger charge is -2.22. The van der Waals surface area contributed by atoms with Gasteiger partial charge < -0.3 is 14.4 Å². The van der Waals surface area contributed by atoms with Crippen LogP contribution in [0.25, 0.3) is 17.0 Å². The predicted molar refractivity (Wildman–Crippen MR) is 114 cm³/mol. The number of rotatable bonds is 7. The topological polar surface area (TPSA) is 51.7 Å². The standard InChI is InChI=1S/C24H24N2O3/c1-28-21-11-12-22(29-2)19(15-21)16-26(20-9-10-20)23(27)13-8-18-6-3-5-17-7-4-14-25-24(17)18/h3-8,11-15,20H,9-10,16H2,1-2H3/b13-8+. The third-order valence-electron chi connectivity index (χ3n) is 5.17. The first kappa shape index (κ1) is 19.0. The van der Waals surface area contributed by atoms with Crippen LogP contribution in [0.2, 0.25) is 0 Å². The van der Waals surface area contributed by atoms with Crippen molar-refractivity contribution in [3.8, 4) is 11.5 Å². The molecule has 0 unspecified atom stereocenters. The van der Waals surface area contributed by atoms with Gasteiger partial charge in [0.2, 0.25) is 5.91 Å². The Balaban J connectivity index is 1.58. The molecule has 4 rings (SSSR count). The van der Waals surface area contributed by atoms with Crippen molar-refractivity contribution >= 4 is 22.9 Å². The molecule has 1 aliphatic rings. The Morgan fingerprint density at radius 3 is 2.72 bits per heavy atom. The van der Waals surface area contributed by atoms with Crippen LogP contribution in [0, 0.1) is 0 Å². The molecule has 1 aliphatic carbocycles. The Hall–Kier alpha value is -3.34. The van der Waals surface area contributed by atoms with Crippen LogP contribution in [-0.2, 0) is 11.3 Å². The van der Waals surface area contributed by atoms with Gasteiger partial charge in [-0.25, -0.2) is 0 Å². The van der Waals surface area contributed by atoms with Crippen molar-refractivity contribution in [2.75, 3.05) is 14.2 Å². The number of carbonyl (C=O) groups is 1. The summed E-state index contributed by atoms with van der Waals surface area (Å²) >= 11 is 0. The van der Waals surface area contributed by atoms with Gasteiger partial charge in [0.15, 0.2) is 0 Å². The predicted octanol–water partition coefficient (Wildman–Crippen LogP) is 4.46. The molecule has 148 valence electrons. The Morgan fingerprint density at radius 1 is 1.14 bits per heavy atom. The molecule has 1 saturated carbocycles. The van der Waals surface area contributed by atoms with Crippen molar-refractivity contribution in [1.82, 2.24) is 9.88 Å². The number of hydrogen-bond acceptors (Lipinski definition) is 4. The highest BCUT2D eigenvalue weighted by Crippen LogP contribution is 2.32. The number of methoxy groups -OCH3 is 2. The van der Waals surface area contributed by atoms with E-state index in [9.17, 15) is 4.79 Å². The van der Waals surface area contributed by atoms with E-state index in [1.807, 2.05) is 59.5 Å². The summed E-state index contributed by atoms with van der Waals surface area (Å²) in [6, 6.07) is 15.9. The SMILES string of the molecule is COc1ccc(OC)c(CN(C(=O)/C=C/c2cccc3cccnc23)C2CC2)c1. The molecule has 0 bridgehead atoms. The van der Waals surface area contributed by atoms with E-state index in [-0.39, 0.29) is 11.9 Å². The molecule has 1 heterocycles. The zero-order valence-electron chi connectivity index (χ0n) is 16.7. The number of amides is 1. The fourth-order valence-corrected chi connectivity index (χ4v) is 3.48. The van der Waals surface area contributed by atoms with Crippen LogP contribution in [0.5, 0.6) is 11.5 Å². The molecule has 0 N–H and O–H groups in total. The molecule has 0 aliphatic heterocycles. The molecule has 0 radical (unpaired) electrons. The summed E-state index contributed by atoms with van der Waals surface area (Å²) in [7, 11) is 3.28. The summed E-state index contributed by atoms with van der Waals surface area (Å²) in [5.41, 5.74) is 2.77. The minimum Gasteiger partial charge on any atom is -0.497 e. The van der Waals surface area contributed by atoms with Crippen molar-refractivity contribution in [3.05, 3.63) is 71.9 Å². The van der Waals surface area contributed by atoms with E-state index < -0.39 is 0 Å². The normalized spacial score (nSPS) is 13.6. The second kappa shape index (κ2) is 8.35. The van der Waals surface area contributed by atoms with Crippen molar-refractivity contribution in [3.63, 3.8) is 0 Å². The Kier molecular flexibility index (Phi) is 5.47. The average Bonchev–Trinajstić information content (AvgIpc) is 3.60. The molecular weight excluding hydrogens is 364 g/mol. The smallest absolute Gasteiger partial charge is 0.247 e. The van der Waals surface area contributed by atoms with Gasteiger partial charge in [-0.05, 0) is 43.2 Å². The van der Waals surface area contributed by atoms with Crippen LogP contribution in [0.4, 0.5) is 0 Å². The monoisotopic (exact) mass is 388 g/mol. The Labute approximate surface area is 170 Å². The van der Waals surface area contributed by atoms with Crippen LogP contribution >= 0.6 is 0 Å². The molecule has 29 heavy (non-hydrogen) atoms. The largest absolute Gasteiger partial charge is 0.497 e. The van der Waals surface area contributed by atoms with E-state index in [0.717, 1.165) is 46.4 Å². The van der Waals surface area contributed by atoms with E-state index in [0.29, 0.717) is 6.54 Å². The number of ether oxygens (including phenoxy) is 2. The number of benzene rings is 2. The fraction of sp³-hybridized carbons (Fsp3) is 0.250. The highest BCUT2D eigenvalue weighted by molar-refractivity contribution is 5.95. The summed E-state index contributed by atoms with van der Waals surface area (Å²) < 4.78 is 10.8. The molecule has 1 amide bonds. The van der Waals surface area contributed by atoms with Gasteiger partial charge in [0.05, 0.1) is 26.3 Å². The third-order valence-corrected chi connectivity index (χ3v) is 5.17. The lowest BCUT2D eigenvalue weighted by Crippen LogP contribution is -2.31. The first-order chi connectivity index (χ1) is 14.2. The summed E-state index contributed by atoms with van der Waals surface area (Å²) in [6.45, 7) is 0.488. The molecule has 0 saturated heterocycles. The van der Waals surface area contributed by atoms with Gasteiger partial charge in [-0.1, -0.05) is 24.3 Å². The zero-order valence-corrected chi connectivity index (χ0v) is 16.7. The molecule has 0 atom stereocenters. The summed E-state index contributed by atoms with van der Waals surface area (Å²) in [5.74, 6) is 1.50. The minimum absolute atomic E-state index is 0.00897. The lowest BCUT2D eigenvalue weighted by atomic mass is 10.1. The summed E-state index contributed by atoms with van der Waals surface area (Å²) in [5, 5.41) is 1.06. The van der Waals surface area contributed by atoms with E-state index >= 15 is 0 Å². The van der Waals surface area contributed by atoms with Crippen molar-refractivity contribution in [2.24, 2.45) is 0 Å². The Bertz CT molecular complexity index is 1050. The highest BCUT2D eigenvalue weighted by Gasteiger charge is 2.32. The quantitative estimate of drug-likeness (QED) is 0.561. The number of fused-ring (bicyclic) bond motifs is 1. The molecular formula is C24H24N2O3. The average molecular weight is 388 g/mol. The highest BCUT2D eigenvalue weighted by atomic mass is 16.5. The zero-order chi connectivity index (χ0) is 20.2. The van der Waals surface area contributed by atoms with Gasteiger partial charge in [0, 0.05) is 34.8 Å². The van der Waals surface area contributed by atoms with Crippen molar-refractivity contribution < 1.29 is 14.3 Å². The first-order valence-electron chi connectivity index (χ1n) is 9.73. The molecule has 1 aromatic heterocycles. The van der Waals surface area contributed by atoms with E-state index in [2.05, 4.69) is 4.98 Å². The van der Waals surface area contributed by atoms with Gasteiger partial charge >= 0.3 is 0 Å². The molecule has 5 heteroatoms. The fourth-order valence-electron chi connectivity index (χ4n) is 3.48. The first-order valence-corrected chi connectivity index (χ1v) is 9.73. The van der Waals surface area contributed by atoms with E-state index in [1.165, 1.54) is 0 Å². The second-order valence-corrected chi connectivity index (χ2v) is 7.13. The number of nitrogens with zero attached hydrogens (tertiary/aromatic N) is 2. The van der Waals surface area contributed by atoms with E-state index in [4.69, 9.17) is 9.47 Å². The number of hydrogen-bond donors (Lipinski definition) is 0. The van der Waals surface area contributed by atoms with Gasteiger partial charge in [-0.3, -0.25) is 9.78 Å². The van der Waals surface area contributed by atoms with Crippen molar-refractivity contribution in [2.45, 2.75) is 25.4 Å². The summed E-state index contributed by atoms with van der Waals surface area (Å²) in [6.07, 6.45) is 7.33. The number of aromatic nitrogens is 1. The van der Waals surface area contributed by atoms with Crippen LogP contribution in [0.15, 0.2) is 60.8 Å². The van der Waals surface area contributed by atoms with Gasteiger partial charge in [0.1, 0.15) is 11.5 Å². The van der Waals surface area contributed by atoms with Crippen LogP contribution in [0.3, 0.4) is 0 Å². The van der Waals surface area contributed by atoms with Crippen LogP contribution < -0.4 is 9.47 Å². The minimum atomic E-state index is -0.00897. The maximum atomic E-state index is 13.0.